The van der Waals surface area contributed by atoms with Crippen LogP contribution in [0.15, 0.2) is 101 Å². The number of ether oxygens (including phenoxy) is 5. The number of nitrogens with zero attached hydrogens (tertiary/aromatic N) is 5. The van der Waals surface area contributed by atoms with Crippen molar-refractivity contribution in [2.45, 2.75) is 79.1 Å². The van der Waals surface area contributed by atoms with Gasteiger partial charge in [-0.05, 0) is 43.4 Å². The SMILES string of the molecule is CCC(=O)N=NC=O.CCOC(=O)C1CN(C(=O)OCc2ccccc2)CCCC1=O.CCOC(=O)C1C[CH+]CN(C(=O)OCc2ccccc2)CC1=O.O=C1CCCN(C(=O)OCc2ccccc2)C1. The Kier molecular flexibility index (Phi) is 26.7. The number of amides is 5. The van der Waals surface area contributed by atoms with Gasteiger partial charge in [0.2, 0.25) is 0 Å². The molecule has 2 unspecified atom stereocenters. The molecule has 0 radical (unpaired) electrons. The van der Waals surface area contributed by atoms with Crippen molar-refractivity contribution in [2.75, 3.05) is 52.5 Å². The summed E-state index contributed by atoms with van der Waals surface area (Å²) in [6.45, 7) is 7.36. The molecule has 71 heavy (non-hydrogen) atoms. The van der Waals surface area contributed by atoms with Crippen LogP contribution in [-0.2, 0) is 77.1 Å². The Morgan fingerprint density at radius 3 is 1.54 bits per heavy atom. The molecular weight excluding hydrogens is 923 g/mol. The summed E-state index contributed by atoms with van der Waals surface area (Å²) in [4.78, 5) is 119. The van der Waals surface area contributed by atoms with Gasteiger partial charge in [-0.2, -0.15) is 0 Å². The number of carbonyl (C=O) groups is 10. The van der Waals surface area contributed by atoms with Gasteiger partial charge in [-0.1, -0.05) is 97.9 Å². The molecule has 0 bridgehead atoms. The van der Waals surface area contributed by atoms with Crippen molar-refractivity contribution in [3.63, 3.8) is 0 Å². The molecule has 6 rings (SSSR count). The highest BCUT2D eigenvalue weighted by atomic mass is 16.6. The summed E-state index contributed by atoms with van der Waals surface area (Å²) in [6.07, 6.45) is 3.15. The molecule has 3 aromatic rings. The monoisotopic (exact) mass is 984 g/mol. The second kappa shape index (κ2) is 32.9. The van der Waals surface area contributed by atoms with E-state index in [0.29, 0.717) is 25.9 Å². The number of rotatable bonds is 12. The molecule has 2 atom stereocenters. The van der Waals surface area contributed by atoms with Crippen LogP contribution in [0.2, 0.25) is 0 Å². The van der Waals surface area contributed by atoms with E-state index in [9.17, 15) is 47.9 Å². The highest BCUT2D eigenvalue weighted by Crippen LogP contribution is 2.19. The molecule has 0 aliphatic carbocycles. The minimum Gasteiger partial charge on any atom is -0.465 e. The number of Topliss-reactive ketones (excluding diaryl/α,β-unsaturated/α-hetero) is 3. The van der Waals surface area contributed by atoms with Crippen molar-refractivity contribution in [1.82, 2.24) is 14.7 Å². The van der Waals surface area contributed by atoms with E-state index in [1.54, 1.807) is 27.2 Å². The number of benzene rings is 3. The van der Waals surface area contributed by atoms with E-state index < -0.39 is 42.1 Å². The van der Waals surface area contributed by atoms with Gasteiger partial charge in [-0.15, -0.1) is 10.2 Å². The predicted octanol–water partition coefficient (Wildman–Crippen LogP) is 6.67. The number of hydrogen-bond donors (Lipinski definition) is 0. The summed E-state index contributed by atoms with van der Waals surface area (Å²) in [5.74, 6) is -3.63. The Labute approximate surface area is 412 Å². The van der Waals surface area contributed by atoms with Gasteiger partial charge in [-0.3, -0.25) is 38.5 Å². The van der Waals surface area contributed by atoms with Crippen molar-refractivity contribution in [1.29, 1.82) is 0 Å². The first kappa shape index (κ1) is 57.5. The number of esters is 2. The van der Waals surface area contributed by atoms with Crippen LogP contribution >= 0.6 is 0 Å². The lowest BCUT2D eigenvalue weighted by Gasteiger charge is -2.24. The van der Waals surface area contributed by atoms with Crippen LogP contribution in [0, 0.1) is 18.3 Å². The van der Waals surface area contributed by atoms with Gasteiger partial charge in [0.1, 0.15) is 37.9 Å². The Morgan fingerprint density at radius 1 is 0.592 bits per heavy atom. The van der Waals surface area contributed by atoms with Crippen LogP contribution < -0.4 is 0 Å². The minimum atomic E-state index is -0.915. The number of likely N-dealkylation sites (tertiary alicyclic amines) is 3. The Hall–Kier alpha value is -7.77. The first-order valence-corrected chi connectivity index (χ1v) is 23.3. The third-order valence-electron chi connectivity index (χ3n) is 10.4. The van der Waals surface area contributed by atoms with E-state index in [2.05, 4.69) is 10.2 Å². The lowest BCUT2D eigenvalue weighted by Crippen LogP contribution is -2.40. The van der Waals surface area contributed by atoms with Gasteiger partial charge in [-0.25, -0.2) is 14.4 Å². The molecule has 3 aromatic carbocycles. The second-order valence-electron chi connectivity index (χ2n) is 15.7. The molecule has 3 fully saturated rings. The number of carbonyl (C=O) groups excluding carboxylic acids is 10. The largest absolute Gasteiger partial charge is 0.465 e. The fraction of sp³-hybridized carbons (Fsp3) is 0.431. The summed E-state index contributed by atoms with van der Waals surface area (Å²) in [7, 11) is 0. The molecule has 3 aliphatic rings. The number of azo groups is 1. The number of piperidine rings is 1. The van der Waals surface area contributed by atoms with Crippen molar-refractivity contribution in [3.8, 4) is 0 Å². The van der Waals surface area contributed by atoms with Crippen LogP contribution in [0.3, 0.4) is 0 Å². The third-order valence-corrected chi connectivity index (χ3v) is 10.4. The summed E-state index contributed by atoms with van der Waals surface area (Å²) < 4.78 is 25.5. The summed E-state index contributed by atoms with van der Waals surface area (Å²) in [6, 6.07) is 28.1. The normalized spacial score (nSPS) is 16.5. The van der Waals surface area contributed by atoms with Gasteiger partial charge in [0.25, 0.3) is 12.3 Å². The van der Waals surface area contributed by atoms with Crippen LogP contribution in [0.25, 0.3) is 0 Å². The molecule has 20 nitrogen and oxygen atoms in total. The van der Waals surface area contributed by atoms with Crippen molar-refractivity contribution in [2.24, 2.45) is 22.1 Å². The summed E-state index contributed by atoms with van der Waals surface area (Å²) in [5.41, 5.74) is 2.70. The molecule has 3 aliphatic heterocycles. The number of hydrogen-bond acceptors (Lipinski definition) is 15. The molecule has 20 heteroatoms. The molecule has 0 N–H and O–H groups in total. The zero-order chi connectivity index (χ0) is 51.8. The van der Waals surface area contributed by atoms with E-state index in [-0.39, 0.29) is 108 Å². The highest BCUT2D eigenvalue weighted by Gasteiger charge is 2.38. The van der Waals surface area contributed by atoms with Crippen LogP contribution in [-0.4, -0.2) is 127 Å². The van der Waals surface area contributed by atoms with E-state index in [4.69, 9.17) is 23.7 Å². The summed E-state index contributed by atoms with van der Waals surface area (Å²) >= 11 is 0. The molecule has 0 saturated carbocycles. The van der Waals surface area contributed by atoms with Gasteiger partial charge in [0, 0.05) is 38.9 Å². The Bertz CT molecular complexity index is 2230. The van der Waals surface area contributed by atoms with E-state index in [1.807, 2.05) is 91.0 Å². The van der Waals surface area contributed by atoms with Gasteiger partial charge in [0.15, 0.2) is 24.0 Å². The number of ketones is 3. The van der Waals surface area contributed by atoms with Gasteiger partial charge < -0.3 is 33.5 Å². The third kappa shape index (κ3) is 22.0. The lowest BCUT2D eigenvalue weighted by molar-refractivity contribution is -0.153. The summed E-state index contributed by atoms with van der Waals surface area (Å²) in [5, 5.41) is 5.82. The molecule has 5 amide bonds. The Balaban J connectivity index is 0.000000264. The molecule has 0 aromatic heterocycles. The van der Waals surface area contributed by atoms with Crippen LogP contribution in [0.1, 0.15) is 76.0 Å². The molecule has 0 spiro atoms. The fourth-order valence-corrected chi connectivity index (χ4v) is 6.73. The minimum absolute atomic E-state index is 0.0191. The molecule has 3 saturated heterocycles. The maximum Gasteiger partial charge on any atom is 0.413 e. The average Bonchev–Trinajstić information content (AvgIpc) is 3.72. The first-order valence-electron chi connectivity index (χ1n) is 23.3. The maximum absolute atomic E-state index is 12.2. The van der Waals surface area contributed by atoms with Gasteiger partial charge in [0.05, 0.1) is 32.7 Å². The van der Waals surface area contributed by atoms with Crippen molar-refractivity contribution >= 4 is 59.9 Å². The highest BCUT2D eigenvalue weighted by molar-refractivity contribution is 6.01. The Morgan fingerprint density at radius 2 is 1.06 bits per heavy atom. The lowest BCUT2D eigenvalue weighted by atomic mass is 10.00. The van der Waals surface area contributed by atoms with E-state index in [1.165, 1.54) is 14.7 Å². The fourth-order valence-electron chi connectivity index (χ4n) is 6.73. The zero-order valence-corrected chi connectivity index (χ0v) is 40.4. The van der Waals surface area contributed by atoms with E-state index >= 15 is 0 Å². The standard InChI is InChI=1S/C17H21NO5.C17H20NO5.C13H15NO3.C4H6N2O2/c1-2-22-16(20)14-11-18(10-6-9-15(14)19)17(21)23-12-13-7-4-3-5-8-13;1-2-22-16(20)14-9-6-10-18(11-15(14)19)17(21)23-12-13-7-4-3-5-8-13;15-12-7-4-8-14(9-12)13(16)17-10-11-5-2-1-3-6-11;1-2-4(8)6-5-3-7/h3-5,7-8,14H,2,6,9-12H2,1H3;3-8,14H,2,9-12H2,1H3;1-3,5-6H,4,7-10H2;3H,2H2,1H3/q;+1;;. The quantitative estimate of drug-likeness (QED) is 0.0459. The predicted molar refractivity (Wildman–Crippen MR) is 253 cm³/mol. The van der Waals surface area contributed by atoms with Crippen LogP contribution in [0.4, 0.5) is 14.4 Å². The zero-order valence-electron chi connectivity index (χ0n) is 40.4. The maximum atomic E-state index is 12.2. The van der Waals surface area contributed by atoms with Crippen LogP contribution in [0.5, 0.6) is 0 Å². The molecular formula is C51H62N5O15+. The topological polar surface area (TPSA) is 251 Å². The average molecular weight is 985 g/mol. The van der Waals surface area contributed by atoms with Crippen molar-refractivity contribution in [3.05, 3.63) is 114 Å². The second-order valence-corrected chi connectivity index (χ2v) is 15.7. The van der Waals surface area contributed by atoms with Gasteiger partial charge >= 0.3 is 30.2 Å². The smallest absolute Gasteiger partial charge is 0.413 e. The molecule has 380 valence electrons. The van der Waals surface area contributed by atoms with E-state index in [0.717, 1.165) is 23.1 Å². The van der Waals surface area contributed by atoms with Crippen molar-refractivity contribution < 1.29 is 71.6 Å². The first-order chi connectivity index (χ1) is 34.3. The molecule has 3 heterocycles.